The van der Waals surface area contributed by atoms with Crippen LogP contribution in [0.3, 0.4) is 0 Å². The van der Waals surface area contributed by atoms with Crippen LogP contribution in [0.4, 0.5) is 19.1 Å². The predicted octanol–water partition coefficient (Wildman–Crippen LogP) is 6.02. The first-order chi connectivity index (χ1) is 18.9. The Balaban J connectivity index is 1.33. The second kappa shape index (κ2) is 10.4. The van der Waals surface area contributed by atoms with Crippen molar-refractivity contribution in [1.29, 1.82) is 0 Å². The first-order valence-electron chi connectivity index (χ1n) is 13.5. The van der Waals surface area contributed by atoms with Crippen LogP contribution in [0.1, 0.15) is 55.3 Å². The maximum atomic E-state index is 14.0. The molecule has 0 saturated heterocycles. The molecule has 204 valence electrons. The molecule has 0 spiro atoms. The lowest BCUT2D eigenvalue weighted by molar-refractivity contribution is -0.137. The number of allylic oxidation sites excluding steroid dienone is 6. The molecule has 3 aliphatic rings. The number of fused-ring (bicyclic) bond motifs is 2. The minimum atomic E-state index is -4.44. The van der Waals surface area contributed by atoms with Crippen molar-refractivity contribution in [3.05, 3.63) is 75.8 Å². The summed E-state index contributed by atoms with van der Waals surface area (Å²) >= 11 is 0. The van der Waals surface area contributed by atoms with E-state index in [1.165, 1.54) is 25.3 Å². The SMILES string of the molecule is O=c1c2c(nc(OCC3CCCCC3)n1C1=CC=CC=CC1)CCN(c1nc3ccc(C(F)(F)F)cc3[nH]1)C2. The lowest BCUT2D eigenvalue weighted by Crippen LogP contribution is -2.39. The lowest BCUT2D eigenvalue weighted by Gasteiger charge is -2.29. The Labute approximate surface area is 223 Å². The van der Waals surface area contributed by atoms with Crippen LogP contribution in [0.25, 0.3) is 16.7 Å². The smallest absolute Gasteiger partial charge is 0.416 e. The summed E-state index contributed by atoms with van der Waals surface area (Å²) in [4.78, 5) is 28.2. The van der Waals surface area contributed by atoms with E-state index in [9.17, 15) is 18.0 Å². The topological polar surface area (TPSA) is 76.0 Å². The molecule has 1 saturated carbocycles. The average Bonchev–Trinajstić information content (AvgIpc) is 3.18. The molecule has 1 aromatic carbocycles. The number of aromatic nitrogens is 4. The Morgan fingerprint density at radius 2 is 1.92 bits per heavy atom. The molecule has 7 nitrogen and oxygen atoms in total. The van der Waals surface area contributed by atoms with Crippen molar-refractivity contribution in [1.82, 2.24) is 19.5 Å². The monoisotopic (exact) mass is 537 g/mol. The maximum absolute atomic E-state index is 14.0. The van der Waals surface area contributed by atoms with Crippen molar-refractivity contribution in [2.45, 2.75) is 57.7 Å². The number of aromatic amines is 1. The molecule has 3 heterocycles. The third-order valence-electron chi connectivity index (χ3n) is 7.73. The Kier molecular flexibility index (Phi) is 6.78. The van der Waals surface area contributed by atoms with Gasteiger partial charge in [0.2, 0.25) is 5.95 Å². The number of nitrogens with zero attached hydrogens (tertiary/aromatic N) is 4. The molecule has 2 aliphatic carbocycles. The van der Waals surface area contributed by atoms with Crippen molar-refractivity contribution >= 4 is 22.7 Å². The highest BCUT2D eigenvalue weighted by Gasteiger charge is 2.31. The quantitative estimate of drug-likeness (QED) is 0.431. The number of anilines is 1. The number of imidazole rings is 1. The van der Waals surface area contributed by atoms with Gasteiger partial charge in [-0.1, -0.05) is 43.6 Å². The molecule has 0 atom stereocenters. The van der Waals surface area contributed by atoms with Gasteiger partial charge in [0.15, 0.2) is 0 Å². The van der Waals surface area contributed by atoms with Gasteiger partial charge in [-0.25, -0.2) is 14.5 Å². The molecule has 39 heavy (non-hydrogen) atoms. The van der Waals surface area contributed by atoms with E-state index in [-0.39, 0.29) is 12.1 Å². The fraction of sp³-hybridized carbons (Fsp3) is 0.414. The number of rotatable bonds is 5. The first-order valence-corrected chi connectivity index (χ1v) is 13.5. The first kappa shape index (κ1) is 25.5. The summed E-state index contributed by atoms with van der Waals surface area (Å²) in [5, 5.41) is 0. The number of halogens is 3. The molecule has 0 radical (unpaired) electrons. The molecular formula is C29H30F3N5O2. The van der Waals surface area contributed by atoms with Gasteiger partial charge in [-0.2, -0.15) is 13.2 Å². The van der Waals surface area contributed by atoms with Crippen LogP contribution in [0.2, 0.25) is 0 Å². The normalized spacial score (nSPS) is 18.2. The highest BCUT2D eigenvalue weighted by molar-refractivity contribution is 5.78. The van der Waals surface area contributed by atoms with E-state index in [4.69, 9.17) is 9.72 Å². The summed E-state index contributed by atoms with van der Waals surface area (Å²) in [6.45, 7) is 1.30. The number of nitrogens with one attached hydrogen (secondary N) is 1. The number of H-pyrrole nitrogens is 1. The van der Waals surface area contributed by atoms with Crippen molar-refractivity contribution in [2.75, 3.05) is 18.1 Å². The molecule has 0 amide bonds. The van der Waals surface area contributed by atoms with Gasteiger partial charge in [-0.3, -0.25) is 4.79 Å². The fourth-order valence-corrected chi connectivity index (χ4v) is 5.59. The Bertz CT molecular complexity index is 1530. The molecule has 2 aromatic heterocycles. The number of alkyl halides is 3. The number of benzene rings is 1. The highest BCUT2D eigenvalue weighted by atomic mass is 19.4. The van der Waals surface area contributed by atoms with Crippen molar-refractivity contribution < 1.29 is 17.9 Å². The zero-order valence-electron chi connectivity index (χ0n) is 21.5. The minimum Gasteiger partial charge on any atom is -0.464 e. The minimum absolute atomic E-state index is 0.186. The zero-order valence-corrected chi connectivity index (χ0v) is 21.5. The average molecular weight is 538 g/mol. The van der Waals surface area contributed by atoms with Gasteiger partial charge >= 0.3 is 12.2 Å². The summed E-state index contributed by atoms with van der Waals surface area (Å²) in [6, 6.07) is 3.78. The summed E-state index contributed by atoms with van der Waals surface area (Å²) in [5.74, 6) is 0.891. The Hall–Kier alpha value is -3.82. The van der Waals surface area contributed by atoms with Gasteiger partial charge in [0, 0.05) is 25.1 Å². The molecule has 1 fully saturated rings. The summed E-state index contributed by atoms with van der Waals surface area (Å²) < 4.78 is 47.4. The molecule has 10 heteroatoms. The van der Waals surface area contributed by atoms with Crippen molar-refractivity contribution in [3.63, 3.8) is 0 Å². The van der Waals surface area contributed by atoms with Crippen molar-refractivity contribution in [3.8, 4) is 6.01 Å². The number of hydrogen-bond acceptors (Lipinski definition) is 5. The lowest BCUT2D eigenvalue weighted by atomic mass is 9.90. The number of ether oxygens (including phenoxy) is 1. The number of hydrogen-bond donors (Lipinski definition) is 1. The molecule has 0 unspecified atom stereocenters. The van der Waals surface area contributed by atoms with Gasteiger partial charge in [0.25, 0.3) is 5.56 Å². The van der Waals surface area contributed by atoms with Gasteiger partial charge in [0.05, 0.1) is 41.0 Å². The van der Waals surface area contributed by atoms with E-state index in [1.807, 2.05) is 35.3 Å². The van der Waals surface area contributed by atoms with Crippen LogP contribution in [-0.4, -0.2) is 32.7 Å². The molecule has 0 bridgehead atoms. The molecule has 6 rings (SSSR count). The van der Waals surface area contributed by atoms with E-state index >= 15 is 0 Å². The zero-order chi connectivity index (χ0) is 27.0. The van der Waals surface area contributed by atoms with Gasteiger partial charge in [-0.05, 0) is 43.0 Å². The Morgan fingerprint density at radius 1 is 1.08 bits per heavy atom. The largest absolute Gasteiger partial charge is 0.464 e. The highest BCUT2D eigenvalue weighted by Crippen LogP contribution is 2.32. The van der Waals surface area contributed by atoms with Crippen LogP contribution in [0, 0.1) is 5.92 Å². The van der Waals surface area contributed by atoms with E-state index in [2.05, 4.69) is 9.97 Å². The summed E-state index contributed by atoms with van der Waals surface area (Å²) in [6.07, 6.45) is 12.2. The molecular weight excluding hydrogens is 507 g/mol. The summed E-state index contributed by atoms with van der Waals surface area (Å²) in [7, 11) is 0. The summed E-state index contributed by atoms with van der Waals surface area (Å²) in [5.41, 5.74) is 1.83. The third-order valence-corrected chi connectivity index (χ3v) is 7.73. The van der Waals surface area contributed by atoms with Gasteiger partial charge in [0.1, 0.15) is 0 Å². The van der Waals surface area contributed by atoms with Crippen LogP contribution in [0.5, 0.6) is 6.01 Å². The molecule has 3 aromatic rings. The van der Waals surface area contributed by atoms with E-state index in [0.717, 1.165) is 30.7 Å². The standard InChI is InChI=1S/C29H30F3N5O2/c30-29(31,32)20-12-13-24-25(16-20)34-27(33-24)36-15-14-23-22(17-36)26(38)37(21-10-6-1-2-7-11-21)28(35-23)39-18-19-8-4-3-5-9-19/h1-2,6-7,10,12-13,16,19H,3-5,8-9,11,14-15,17-18H2,(H,33,34). The molecule has 1 aliphatic heterocycles. The van der Waals surface area contributed by atoms with Gasteiger partial charge < -0.3 is 14.6 Å². The maximum Gasteiger partial charge on any atom is 0.416 e. The van der Waals surface area contributed by atoms with Crippen LogP contribution >= 0.6 is 0 Å². The van der Waals surface area contributed by atoms with Crippen LogP contribution < -0.4 is 15.2 Å². The van der Waals surface area contributed by atoms with Gasteiger partial charge in [-0.15, -0.1) is 0 Å². The third kappa shape index (κ3) is 5.24. The molecule has 1 N–H and O–H groups in total. The van der Waals surface area contributed by atoms with E-state index in [0.29, 0.717) is 66.2 Å². The van der Waals surface area contributed by atoms with Crippen LogP contribution in [-0.2, 0) is 19.1 Å². The van der Waals surface area contributed by atoms with Crippen molar-refractivity contribution in [2.24, 2.45) is 5.92 Å². The second-order valence-corrected chi connectivity index (χ2v) is 10.4. The van der Waals surface area contributed by atoms with E-state index in [1.54, 1.807) is 4.57 Å². The Morgan fingerprint density at radius 3 is 2.74 bits per heavy atom. The van der Waals surface area contributed by atoms with E-state index < -0.39 is 11.7 Å². The van der Waals surface area contributed by atoms with Crippen LogP contribution in [0.15, 0.2) is 53.4 Å². The second-order valence-electron chi connectivity index (χ2n) is 10.4. The fourth-order valence-electron chi connectivity index (χ4n) is 5.59. The predicted molar refractivity (Wildman–Crippen MR) is 144 cm³/mol.